The van der Waals surface area contributed by atoms with Crippen LogP contribution in [0.15, 0.2) is 41.4 Å². The van der Waals surface area contributed by atoms with Crippen molar-refractivity contribution >= 4 is 22.4 Å². The highest BCUT2D eigenvalue weighted by atomic mass is 35.5. The predicted octanol–water partition coefficient (Wildman–Crippen LogP) is 4.31. The minimum atomic E-state index is -1.42. The van der Waals surface area contributed by atoms with E-state index in [1.54, 1.807) is 18.2 Å². The van der Waals surface area contributed by atoms with Crippen molar-refractivity contribution in [3.05, 3.63) is 81.3 Å². The topological polar surface area (TPSA) is 66.0 Å². The van der Waals surface area contributed by atoms with Crippen molar-refractivity contribution in [2.24, 2.45) is 0 Å². The molecule has 3 aromatic rings. The third-order valence-electron chi connectivity index (χ3n) is 4.52. The number of rotatable bonds is 6. The number of hydrogen-bond acceptors (Lipinski definition) is 3. The lowest BCUT2D eigenvalue weighted by Gasteiger charge is -2.18. The van der Waals surface area contributed by atoms with Gasteiger partial charge >= 0.3 is 0 Å². The Kier molecular flexibility index (Phi) is 6.27. The van der Waals surface area contributed by atoms with Gasteiger partial charge in [0.1, 0.15) is 17.5 Å². The molecule has 0 bridgehead atoms. The minimum absolute atomic E-state index is 0.0476. The highest BCUT2D eigenvalue weighted by Crippen LogP contribution is 2.34. The predicted molar refractivity (Wildman–Crippen MR) is 105 cm³/mol. The molecule has 0 aliphatic rings. The zero-order valence-electron chi connectivity index (χ0n) is 15.3. The summed E-state index contributed by atoms with van der Waals surface area (Å²) in [5.74, 6) is -0.992. The molecule has 1 aromatic heterocycles. The van der Waals surface area contributed by atoms with Gasteiger partial charge in [-0.25, -0.2) is 13.8 Å². The van der Waals surface area contributed by atoms with Crippen molar-refractivity contribution in [2.75, 3.05) is 6.26 Å². The number of nitrogens with zero attached hydrogens (tertiary/aromatic N) is 1. The Morgan fingerprint density at radius 3 is 2.36 bits per heavy atom. The van der Waals surface area contributed by atoms with E-state index in [2.05, 4.69) is 9.97 Å². The van der Waals surface area contributed by atoms with Crippen LogP contribution >= 0.6 is 11.6 Å². The van der Waals surface area contributed by atoms with E-state index in [4.69, 9.17) is 11.6 Å². The van der Waals surface area contributed by atoms with E-state index in [9.17, 15) is 18.1 Å². The second kappa shape index (κ2) is 8.51. The first-order valence-electron chi connectivity index (χ1n) is 8.62. The largest absolute Gasteiger partial charge is 0.390 e. The highest BCUT2D eigenvalue weighted by molar-refractivity contribution is 7.84. The van der Waals surface area contributed by atoms with Crippen molar-refractivity contribution in [1.82, 2.24) is 9.97 Å². The number of benzene rings is 2. The van der Waals surface area contributed by atoms with E-state index >= 15 is 0 Å². The number of H-pyrrole nitrogens is 1. The van der Waals surface area contributed by atoms with Crippen molar-refractivity contribution in [1.29, 1.82) is 0 Å². The summed E-state index contributed by atoms with van der Waals surface area (Å²) in [7, 11) is -1.42. The number of aromatic amines is 1. The normalized spacial score (nSPS) is 13.5. The summed E-state index contributed by atoms with van der Waals surface area (Å²) in [5, 5.41) is 9.77. The molecule has 0 fully saturated rings. The molecule has 2 unspecified atom stereocenters. The zero-order valence-corrected chi connectivity index (χ0v) is 16.9. The van der Waals surface area contributed by atoms with E-state index in [0.29, 0.717) is 34.6 Å². The van der Waals surface area contributed by atoms with Gasteiger partial charge in [-0.3, -0.25) is 4.21 Å². The van der Waals surface area contributed by atoms with Crippen LogP contribution in [0.4, 0.5) is 8.78 Å². The van der Waals surface area contributed by atoms with Gasteiger partial charge in [-0.1, -0.05) is 36.7 Å². The number of aryl methyl sites for hydroxylation is 1. The maximum atomic E-state index is 14.0. The van der Waals surface area contributed by atoms with Gasteiger partial charge in [0.15, 0.2) is 5.03 Å². The van der Waals surface area contributed by atoms with E-state index in [0.717, 1.165) is 0 Å². The number of aliphatic hydroxyl groups excluding tert-OH is 1. The quantitative estimate of drug-likeness (QED) is 0.619. The van der Waals surface area contributed by atoms with E-state index < -0.39 is 22.5 Å². The SMILES string of the molecule is CCc1cc(C(c2ccc(F)c(Cl)c2)c2nc(S(C)=O)c(CO)[nH]2)ccc1F. The summed E-state index contributed by atoms with van der Waals surface area (Å²) in [5.41, 5.74) is 2.22. The molecule has 2 aromatic carbocycles. The second-order valence-corrected chi connectivity index (χ2v) is 8.03. The van der Waals surface area contributed by atoms with Gasteiger partial charge in [-0.15, -0.1) is 0 Å². The van der Waals surface area contributed by atoms with Gasteiger partial charge in [-0.2, -0.15) is 0 Å². The number of hydrogen-bond donors (Lipinski definition) is 2. The molecule has 28 heavy (non-hydrogen) atoms. The summed E-state index contributed by atoms with van der Waals surface area (Å²) in [4.78, 5) is 7.43. The summed E-state index contributed by atoms with van der Waals surface area (Å²) in [6.45, 7) is 1.49. The monoisotopic (exact) mass is 424 g/mol. The first-order chi connectivity index (χ1) is 13.3. The molecule has 0 saturated carbocycles. The molecule has 1 heterocycles. The summed E-state index contributed by atoms with van der Waals surface area (Å²) in [6.07, 6.45) is 1.97. The average molecular weight is 425 g/mol. The minimum Gasteiger partial charge on any atom is -0.390 e. The standard InChI is InChI=1S/C20H19ClF2N2O2S/c1-3-11-8-12(4-6-15(11)22)18(13-5-7-16(23)14(21)9-13)19-24-17(10-26)20(25-19)28(2)27/h4-9,18,26H,3,10H2,1-2H3,(H,24,25). The molecular formula is C20H19ClF2N2O2S. The van der Waals surface area contributed by atoms with E-state index in [-0.39, 0.29) is 22.5 Å². The zero-order chi connectivity index (χ0) is 20.4. The van der Waals surface area contributed by atoms with Crippen LogP contribution in [0.2, 0.25) is 5.02 Å². The van der Waals surface area contributed by atoms with Crippen LogP contribution in [-0.4, -0.2) is 25.5 Å². The molecule has 2 atom stereocenters. The van der Waals surface area contributed by atoms with Crippen LogP contribution in [0.3, 0.4) is 0 Å². The third kappa shape index (κ3) is 4.01. The van der Waals surface area contributed by atoms with Crippen LogP contribution in [0.1, 0.15) is 41.1 Å². The maximum Gasteiger partial charge on any atom is 0.150 e. The number of aromatic nitrogens is 2. The van der Waals surface area contributed by atoms with Gasteiger partial charge in [-0.05, 0) is 41.3 Å². The third-order valence-corrected chi connectivity index (χ3v) is 5.70. The molecule has 0 aliphatic heterocycles. The van der Waals surface area contributed by atoms with Crippen LogP contribution in [0.25, 0.3) is 0 Å². The Hall–Kier alpha value is -2.09. The number of aliphatic hydroxyl groups is 1. The highest BCUT2D eigenvalue weighted by Gasteiger charge is 2.25. The fraction of sp³-hybridized carbons (Fsp3) is 0.250. The fourth-order valence-corrected chi connectivity index (χ4v) is 4.02. The molecule has 3 rings (SSSR count). The Balaban J connectivity index is 2.23. The van der Waals surface area contributed by atoms with Crippen LogP contribution in [0.5, 0.6) is 0 Å². The Morgan fingerprint density at radius 1 is 1.18 bits per heavy atom. The number of halogens is 3. The van der Waals surface area contributed by atoms with E-state index in [1.807, 2.05) is 6.92 Å². The number of imidazole rings is 1. The van der Waals surface area contributed by atoms with Gasteiger partial charge in [0.2, 0.25) is 0 Å². The fourth-order valence-electron chi connectivity index (χ4n) is 3.14. The van der Waals surface area contributed by atoms with Crippen molar-refractivity contribution in [3.8, 4) is 0 Å². The first-order valence-corrected chi connectivity index (χ1v) is 10.6. The van der Waals surface area contributed by atoms with Gasteiger partial charge < -0.3 is 10.1 Å². The molecular weight excluding hydrogens is 406 g/mol. The van der Waals surface area contributed by atoms with Crippen molar-refractivity contribution < 1.29 is 18.1 Å². The molecule has 0 amide bonds. The molecule has 4 nitrogen and oxygen atoms in total. The van der Waals surface area contributed by atoms with Crippen LogP contribution in [-0.2, 0) is 23.8 Å². The Bertz CT molecular complexity index is 1040. The van der Waals surface area contributed by atoms with Gasteiger partial charge in [0, 0.05) is 6.26 Å². The molecule has 148 valence electrons. The number of nitrogens with one attached hydrogen (secondary N) is 1. The van der Waals surface area contributed by atoms with Crippen LogP contribution in [0, 0.1) is 11.6 Å². The smallest absolute Gasteiger partial charge is 0.150 e. The molecule has 8 heteroatoms. The lowest BCUT2D eigenvalue weighted by molar-refractivity contribution is 0.274. The second-order valence-electron chi connectivity index (χ2n) is 6.33. The van der Waals surface area contributed by atoms with Gasteiger partial charge in [0.25, 0.3) is 0 Å². The maximum absolute atomic E-state index is 14.0. The Morgan fingerprint density at radius 2 is 1.82 bits per heavy atom. The average Bonchev–Trinajstić information content (AvgIpc) is 3.10. The summed E-state index contributed by atoms with van der Waals surface area (Å²) >= 11 is 5.98. The lowest BCUT2D eigenvalue weighted by Crippen LogP contribution is -2.07. The van der Waals surface area contributed by atoms with Crippen molar-refractivity contribution in [3.63, 3.8) is 0 Å². The molecule has 0 saturated heterocycles. The first kappa shape index (κ1) is 20.6. The molecule has 2 N–H and O–H groups in total. The Labute approximate surface area is 169 Å². The lowest BCUT2D eigenvalue weighted by atomic mass is 9.89. The molecule has 0 spiro atoms. The summed E-state index contributed by atoms with van der Waals surface area (Å²) in [6, 6.07) is 9.04. The summed E-state index contributed by atoms with van der Waals surface area (Å²) < 4.78 is 39.7. The van der Waals surface area contributed by atoms with Crippen molar-refractivity contribution in [2.45, 2.75) is 30.9 Å². The van der Waals surface area contributed by atoms with E-state index in [1.165, 1.54) is 24.5 Å². The molecule has 0 aliphatic carbocycles. The van der Waals surface area contributed by atoms with Crippen LogP contribution < -0.4 is 0 Å². The van der Waals surface area contributed by atoms with Gasteiger partial charge in [0.05, 0.1) is 34.0 Å². The molecule has 0 radical (unpaired) electrons.